The monoisotopic (exact) mass is 272 g/mol. The van der Waals surface area contributed by atoms with Crippen LogP contribution in [0.3, 0.4) is 0 Å². The quantitative estimate of drug-likeness (QED) is 0.737. The number of carbonyl (C=O) groups is 1. The van der Waals surface area contributed by atoms with Gasteiger partial charge in [0.1, 0.15) is 5.78 Å². The van der Waals surface area contributed by atoms with E-state index in [1.807, 2.05) is 13.8 Å². The van der Waals surface area contributed by atoms with Crippen molar-refractivity contribution in [2.24, 2.45) is 5.92 Å². The van der Waals surface area contributed by atoms with E-state index in [4.69, 9.17) is 0 Å². The number of benzene rings is 1. The predicted octanol–water partition coefficient (Wildman–Crippen LogP) is 4.64. The van der Waals surface area contributed by atoms with Gasteiger partial charge in [-0.25, -0.2) is 0 Å². The molecule has 0 heterocycles. The highest BCUT2D eigenvalue weighted by atomic mass is 19.4. The number of ketones is 1. The maximum atomic E-state index is 12.5. The topological polar surface area (TPSA) is 17.1 Å². The second kappa shape index (κ2) is 6.73. The molecule has 1 aromatic carbocycles. The van der Waals surface area contributed by atoms with Crippen molar-refractivity contribution in [1.82, 2.24) is 0 Å². The molecule has 4 heteroatoms. The average molecular weight is 272 g/mol. The van der Waals surface area contributed by atoms with Gasteiger partial charge < -0.3 is 0 Å². The molecule has 0 aliphatic heterocycles. The van der Waals surface area contributed by atoms with Crippen molar-refractivity contribution in [3.05, 3.63) is 35.4 Å². The molecule has 0 bridgehead atoms. The molecule has 0 aliphatic carbocycles. The Morgan fingerprint density at radius 3 is 2.58 bits per heavy atom. The molecule has 1 nitrogen and oxygen atoms in total. The molecule has 1 atom stereocenters. The summed E-state index contributed by atoms with van der Waals surface area (Å²) in [4.78, 5) is 11.8. The van der Waals surface area contributed by atoms with Gasteiger partial charge >= 0.3 is 6.18 Å². The van der Waals surface area contributed by atoms with Crippen LogP contribution in [0.1, 0.15) is 44.2 Å². The number of hydrogen-bond acceptors (Lipinski definition) is 1. The minimum atomic E-state index is -4.35. The molecule has 1 aromatic rings. The smallest absolute Gasteiger partial charge is 0.299 e. The van der Waals surface area contributed by atoms with Gasteiger partial charge in [0.05, 0.1) is 5.56 Å². The lowest BCUT2D eigenvalue weighted by Crippen LogP contribution is -2.10. The summed E-state index contributed by atoms with van der Waals surface area (Å²) in [5.74, 6) is 0.295. The number of hydrogen-bond donors (Lipinski definition) is 0. The van der Waals surface area contributed by atoms with Crippen LogP contribution in [0.15, 0.2) is 24.3 Å². The molecule has 0 saturated heterocycles. The summed E-state index contributed by atoms with van der Waals surface area (Å²) in [5, 5.41) is 0. The fourth-order valence-electron chi connectivity index (χ4n) is 2.14. The van der Waals surface area contributed by atoms with Crippen molar-refractivity contribution < 1.29 is 18.0 Å². The zero-order valence-corrected chi connectivity index (χ0v) is 11.3. The Morgan fingerprint density at radius 1 is 1.32 bits per heavy atom. The van der Waals surface area contributed by atoms with Gasteiger partial charge in [-0.3, -0.25) is 4.79 Å². The van der Waals surface area contributed by atoms with Crippen molar-refractivity contribution in [3.8, 4) is 0 Å². The van der Waals surface area contributed by atoms with Gasteiger partial charge in [0, 0.05) is 12.8 Å². The van der Waals surface area contributed by atoms with E-state index >= 15 is 0 Å². The Balaban J connectivity index is 2.65. The molecule has 0 aromatic heterocycles. The van der Waals surface area contributed by atoms with Crippen LogP contribution in [0.4, 0.5) is 13.2 Å². The molecule has 106 valence electrons. The lowest BCUT2D eigenvalue weighted by atomic mass is 9.96. The van der Waals surface area contributed by atoms with E-state index in [1.165, 1.54) is 6.07 Å². The number of carbonyl (C=O) groups excluding carboxylic acids is 1. The highest BCUT2D eigenvalue weighted by Crippen LogP contribution is 2.29. The summed E-state index contributed by atoms with van der Waals surface area (Å²) in [6.07, 6.45) is -1.86. The van der Waals surface area contributed by atoms with Crippen molar-refractivity contribution in [2.75, 3.05) is 0 Å². The third-order valence-corrected chi connectivity index (χ3v) is 3.01. The molecular formula is C15H19F3O. The van der Waals surface area contributed by atoms with Crippen LogP contribution in [0.2, 0.25) is 0 Å². The van der Waals surface area contributed by atoms with Gasteiger partial charge in [0.25, 0.3) is 0 Å². The van der Waals surface area contributed by atoms with E-state index in [1.54, 1.807) is 6.07 Å². The highest BCUT2D eigenvalue weighted by Gasteiger charge is 2.30. The first-order chi connectivity index (χ1) is 8.82. The van der Waals surface area contributed by atoms with E-state index in [0.717, 1.165) is 25.0 Å². The number of alkyl halides is 3. The fraction of sp³-hybridized carbons (Fsp3) is 0.533. The largest absolute Gasteiger partial charge is 0.416 e. The average Bonchev–Trinajstić information content (AvgIpc) is 2.28. The zero-order chi connectivity index (χ0) is 14.5. The summed E-state index contributed by atoms with van der Waals surface area (Å²) < 4.78 is 37.6. The van der Waals surface area contributed by atoms with E-state index in [2.05, 4.69) is 0 Å². The summed E-state index contributed by atoms with van der Waals surface area (Å²) in [7, 11) is 0. The zero-order valence-electron chi connectivity index (χ0n) is 11.3. The summed E-state index contributed by atoms with van der Waals surface area (Å²) >= 11 is 0. The van der Waals surface area contributed by atoms with E-state index in [-0.39, 0.29) is 12.2 Å². The summed E-state index contributed by atoms with van der Waals surface area (Å²) in [6, 6.07) is 4.99. The highest BCUT2D eigenvalue weighted by molar-refractivity contribution is 5.81. The van der Waals surface area contributed by atoms with Crippen LogP contribution in [0.25, 0.3) is 0 Å². The molecular weight excluding hydrogens is 253 g/mol. The first-order valence-corrected chi connectivity index (χ1v) is 6.50. The van der Waals surface area contributed by atoms with Crippen LogP contribution in [-0.2, 0) is 17.4 Å². The first-order valence-electron chi connectivity index (χ1n) is 6.50. The van der Waals surface area contributed by atoms with Crippen LogP contribution in [0, 0.1) is 5.92 Å². The van der Waals surface area contributed by atoms with Crippen molar-refractivity contribution in [3.63, 3.8) is 0 Å². The predicted molar refractivity (Wildman–Crippen MR) is 68.8 cm³/mol. The Morgan fingerprint density at radius 2 is 2.00 bits per heavy atom. The Labute approximate surface area is 111 Å². The maximum Gasteiger partial charge on any atom is 0.416 e. The Hall–Kier alpha value is -1.32. The van der Waals surface area contributed by atoms with Gasteiger partial charge in [-0.15, -0.1) is 0 Å². The van der Waals surface area contributed by atoms with Crippen molar-refractivity contribution >= 4 is 5.78 Å². The Kier molecular flexibility index (Phi) is 5.58. The second-order valence-corrected chi connectivity index (χ2v) is 5.01. The van der Waals surface area contributed by atoms with Gasteiger partial charge in [0.2, 0.25) is 0 Å². The molecule has 1 unspecified atom stereocenters. The molecule has 0 radical (unpaired) electrons. The number of rotatable bonds is 6. The van der Waals surface area contributed by atoms with Crippen LogP contribution in [-0.4, -0.2) is 5.78 Å². The van der Waals surface area contributed by atoms with Crippen LogP contribution < -0.4 is 0 Å². The lowest BCUT2D eigenvalue weighted by Gasteiger charge is -2.10. The number of halogens is 3. The van der Waals surface area contributed by atoms with Gasteiger partial charge in [0.15, 0.2) is 0 Å². The van der Waals surface area contributed by atoms with Gasteiger partial charge in [-0.2, -0.15) is 13.2 Å². The maximum absolute atomic E-state index is 12.5. The molecule has 19 heavy (non-hydrogen) atoms. The lowest BCUT2D eigenvalue weighted by molar-refractivity contribution is -0.137. The SMILES string of the molecule is CCCC(C)CC(=O)Cc1cccc(C(F)(F)F)c1. The van der Waals surface area contributed by atoms with Crippen molar-refractivity contribution in [2.45, 2.75) is 45.7 Å². The summed E-state index contributed by atoms with van der Waals surface area (Å²) in [5.41, 5.74) is -0.261. The fourth-order valence-corrected chi connectivity index (χ4v) is 2.14. The van der Waals surface area contributed by atoms with E-state index < -0.39 is 11.7 Å². The minimum Gasteiger partial charge on any atom is -0.299 e. The first kappa shape index (κ1) is 15.7. The molecule has 0 spiro atoms. The van der Waals surface area contributed by atoms with E-state index in [9.17, 15) is 18.0 Å². The molecule has 0 N–H and O–H groups in total. The third kappa shape index (κ3) is 5.45. The standard InChI is InChI=1S/C15H19F3O/c1-3-5-11(2)8-14(19)10-12-6-4-7-13(9-12)15(16,17)18/h4,6-7,9,11H,3,5,8,10H2,1-2H3. The third-order valence-electron chi connectivity index (χ3n) is 3.01. The second-order valence-electron chi connectivity index (χ2n) is 5.01. The minimum absolute atomic E-state index is 0.000254. The summed E-state index contributed by atoms with van der Waals surface area (Å²) in [6.45, 7) is 4.04. The van der Waals surface area contributed by atoms with Crippen LogP contribution in [0.5, 0.6) is 0 Å². The molecule has 0 aliphatic rings. The van der Waals surface area contributed by atoms with Crippen LogP contribution >= 0.6 is 0 Å². The van der Waals surface area contributed by atoms with Crippen molar-refractivity contribution in [1.29, 1.82) is 0 Å². The molecule has 0 fully saturated rings. The van der Waals surface area contributed by atoms with Gasteiger partial charge in [-0.05, 0) is 17.5 Å². The Bertz CT molecular complexity index is 424. The molecule has 0 saturated carbocycles. The van der Waals surface area contributed by atoms with E-state index in [0.29, 0.717) is 17.9 Å². The molecule has 0 amide bonds. The van der Waals surface area contributed by atoms with Gasteiger partial charge in [-0.1, -0.05) is 44.9 Å². The molecule has 1 rings (SSSR count). The number of Topliss-reactive ketones (excluding diaryl/α,β-unsaturated/α-hetero) is 1. The normalized spacial score (nSPS) is 13.3.